The van der Waals surface area contributed by atoms with E-state index in [1.807, 2.05) is 6.92 Å². The van der Waals surface area contributed by atoms with E-state index in [0.717, 1.165) is 36.4 Å². The minimum Gasteiger partial charge on any atom is -0.355 e. The van der Waals surface area contributed by atoms with Crippen molar-refractivity contribution < 1.29 is 9.59 Å². The first-order chi connectivity index (χ1) is 8.70. The summed E-state index contributed by atoms with van der Waals surface area (Å²) in [6.45, 7) is 2.71. The third-order valence-electron chi connectivity index (χ3n) is 2.99. The first-order valence-electron chi connectivity index (χ1n) is 6.30. The Morgan fingerprint density at radius 3 is 3.11 bits per heavy atom. The highest BCUT2D eigenvalue weighted by Gasteiger charge is 2.32. The van der Waals surface area contributed by atoms with Gasteiger partial charge in [0.2, 0.25) is 5.91 Å². The number of hydrogen-bond acceptors (Lipinski definition) is 3. The van der Waals surface area contributed by atoms with Gasteiger partial charge in [-0.25, -0.2) is 9.79 Å². The van der Waals surface area contributed by atoms with Crippen LogP contribution in [-0.2, 0) is 4.79 Å². The van der Waals surface area contributed by atoms with Crippen LogP contribution in [0.4, 0.5) is 4.79 Å². The van der Waals surface area contributed by atoms with E-state index in [-0.39, 0.29) is 11.8 Å². The lowest BCUT2D eigenvalue weighted by Crippen LogP contribution is -2.28. The largest absolute Gasteiger partial charge is 0.367 e. The summed E-state index contributed by atoms with van der Waals surface area (Å²) in [4.78, 5) is 30.8. The van der Waals surface area contributed by atoms with E-state index in [2.05, 4.69) is 15.3 Å². The fourth-order valence-electron chi connectivity index (χ4n) is 2.14. The lowest BCUT2D eigenvalue weighted by molar-refractivity contribution is -0.118. The Morgan fingerprint density at radius 1 is 1.50 bits per heavy atom. The first-order valence-corrected chi connectivity index (χ1v) is 7.28. The molecule has 1 saturated carbocycles. The predicted molar refractivity (Wildman–Crippen MR) is 73.4 cm³/mol. The SMILES string of the molecule is CCCNC(=O)CSC1=NC(=O)N=C2CCCC21. The second kappa shape index (κ2) is 6.13. The maximum atomic E-state index is 11.5. The number of rotatable bonds is 4. The summed E-state index contributed by atoms with van der Waals surface area (Å²) in [5.74, 6) is 0.515. The second-order valence-electron chi connectivity index (χ2n) is 4.42. The molecule has 1 aliphatic carbocycles. The summed E-state index contributed by atoms with van der Waals surface area (Å²) in [6.07, 6.45) is 3.86. The van der Waals surface area contributed by atoms with Gasteiger partial charge in [-0.1, -0.05) is 6.92 Å². The lowest BCUT2D eigenvalue weighted by Gasteiger charge is -2.16. The van der Waals surface area contributed by atoms with Gasteiger partial charge in [-0.05, 0) is 25.7 Å². The summed E-state index contributed by atoms with van der Waals surface area (Å²) in [5.41, 5.74) is 0.950. The molecule has 0 aromatic heterocycles. The van der Waals surface area contributed by atoms with E-state index >= 15 is 0 Å². The predicted octanol–water partition coefficient (Wildman–Crippen LogP) is 2.02. The molecule has 1 heterocycles. The first kappa shape index (κ1) is 13.3. The van der Waals surface area contributed by atoms with E-state index in [9.17, 15) is 9.59 Å². The maximum absolute atomic E-state index is 11.5. The molecule has 0 saturated heterocycles. The number of amides is 3. The fraction of sp³-hybridized carbons (Fsp3) is 0.667. The lowest BCUT2D eigenvalue weighted by atomic mass is 10.1. The third-order valence-corrected chi connectivity index (χ3v) is 4.07. The summed E-state index contributed by atoms with van der Waals surface area (Å²) in [5, 5.41) is 3.59. The van der Waals surface area contributed by atoms with Gasteiger partial charge in [-0.3, -0.25) is 4.79 Å². The molecule has 1 unspecified atom stereocenters. The smallest absolute Gasteiger partial charge is 0.355 e. The number of hydrogen-bond donors (Lipinski definition) is 1. The van der Waals surface area contributed by atoms with Crippen LogP contribution in [0.15, 0.2) is 9.98 Å². The quantitative estimate of drug-likeness (QED) is 0.847. The third kappa shape index (κ3) is 3.19. The average Bonchev–Trinajstić information content (AvgIpc) is 2.81. The molecule has 5 nitrogen and oxygen atoms in total. The Labute approximate surface area is 111 Å². The molecular weight excluding hydrogens is 250 g/mol. The van der Waals surface area contributed by atoms with Crippen LogP contribution in [0.5, 0.6) is 0 Å². The normalized spacial score (nSPS) is 22.3. The highest BCUT2D eigenvalue weighted by Crippen LogP contribution is 2.31. The molecule has 3 amide bonds. The highest BCUT2D eigenvalue weighted by atomic mass is 32.2. The van der Waals surface area contributed by atoms with Crippen LogP contribution in [0, 0.1) is 5.92 Å². The van der Waals surface area contributed by atoms with Crippen LogP contribution in [0.2, 0.25) is 0 Å². The molecule has 6 heteroatoms. The van der Waals surface area contributed by atoms with Gasteiger partial charge in [0.15, 0.2) is 0 Å². The second-order valence-corrected chi connectivity index (χ2v) is 5.41. The summed E-state index contributed by atoms with van der Waals surface area (Å²) >= 11 is 1.37. The van der Waals surface area contributed by atoms with Gasteiger partial charge in [-0.2, -0.15) is 4.99 Å². The summed E-state index contributed by atoms with van der Waals surface area (Å²) in [6, 6.07) is -0.417. The molecular formula is C12H17N3O2S. The number of carbonyl (C=O) groups is 2. The number of urea groups is 1. The zero-order valence-electron chi connectivity index (χ0n) is 10.4. The van der Waals surface area contributed by atoms with Gasteiger partial charge >= 0.3 is 6.03 Å². The molecule has 1 aliphatic heterocycles. The minimum atomic E-state index is -0.417. The van der Waals surface area contributed by atoms with Crippen LogP contribution in [-0.4, -0.2) is 35.0 Å². The van der Waals surface area contributed by atoms with Crippen LogP contribution in [0.3, 0.4) is 0 Å². The Morgan fingerprint density at radius 2 is 2.33 bits per heavy atom. The van der Waals surface area contributed by atoms with Crippen molar-refractivity contribution in [1.82, 2.24) is 5.32 Å². The maximum Gasteiger partial charge on any atom is 0.367 e. The number of nitrogens with zero attached hydrogens (tertiary/aromatic N) is 2. The number of nitrogens with one attached hydrogen (secondary N) is 1. The number of thioether (sulfide) groups is 1. The Hall–Kier alpha value is -1.17. The molecule has 0 aromatic carbocycles. The van der Waals surface area contributed by atoms with Crippen molar-refractivity contribution in [2.45, 2.75) is 32.6 Å². The van der Waals surface area contributed by atoms with E-state index in [0.29, 0.717) is 12.3 Å². The summed E-state index contributed by atoms with van der Waals surface area (Å²) in [7, 11) is 0. The standard InChI is InChI=1S/C12H17N3O2S/c1-2-6-13-10(16)7-18-11-8-4-3-5-9(8)14-12(17)15-11/h8H,2-7H2,1H3,(H,13,16). The van der Waals surface area contributed by atoms with Crippen molar-refractivity contribution in [1.29, 1.82) is 0 Å². The Bertz CT molecular complexity index is 418. The Balaban J connectivity index is 1.89. The van der Waals surface area contributed by atoms with Crippen molar-refractivity contribution in [3.8, 4) is 0 Å². The summed E-state index contributed by atoms with van der Waals surface area (Å²) < 4.78 is 0. The molecule has 1 atom stereocenters. The van der Waals surface area contributed by atoms with Gasteiger partial charge in [0.25, 0.3) is 0 Å². The molecule has 2 rings (SSSR count). The average molecular weight is 267 g/mol. The van der Waals surface area contributed by atoms with Crippen molar-refractivity contribution in [3.63, 3.8) is 0 Å². The van der Waals surface area contributed by atoms with Crippen molar-refractivity contribution in [3.05, 3.63) is 0 Å². The topological polar surface area (TPSA) is 70.9 Å². The van der Waals surface area contributed by atoms with E-state index < -0.39 is 6.03 Å². The molecule has 0 radical (unpaired) electrons. The van der Waals surface area contributed by atoms with Crippen molar-refractivity contribution >= 4 is 34.5 Å². The number of carbonyl (C=O) groups excluding carboxylic acids is 2. The van der Waals surface area contributed by atoms with Gasteiger partial charge in [0.1, 0.15) is 0 Å². The zero-order valence-corrected chi connectivity index (χ0v) is 11.3. The fourth-order valence-corrected chi connectivity index (χ4v) is 3.11. The van der Waals surface area contributed by atoms with E-state index in [4.69, 9.17) is 0 Å². The molecule has 0 spiro atoms. The molecule has 1 fully saturated rings. The van der Waals surface area contributed by atoms with Crippen molar-refractivity contribution in [2.75, 3.05) is 12.3 Å². The van der Waals surface area contributed by atoms with Gasteiger partial charge in [0, 0.05) is 18.2 Å². The molecule has 98 valence electrons. The van der Waals surface area contributed by atoms with Gasteiger partial charge in [0.05, 0.1) is 10.8 Å². The molecule has 0 bridgehead atoms. The van der Waals surface area contributed by atoms with Gasteiger partial charge < -0.3 is 5.32 Å². The number of aliphatic imine (C=N–C) groups is 2. The molecule has 1 N–H and O–H groups in total. The highest BCUT2D eigenvalue weighted by molar-refractivity contribution is 8.14. The van der Waals surface area contributed by atoms with Crippen LogP contribution < -0.4 is 5.32 Å². The van der Waals surface area contributed by atoms with Crippen LogP contribution in [0.1, 0.15) is 32.6 Å². The monoisotopic (exact) mass is 267 g/mol. The van der Waals surface area contributed by atoms with Crippen molar-refractivity contribution in [2.24, 2.45) is 15.9 Å². The van der Waals surface area contributed by atoms with E-state index in [1.165, 1.54) is 11.8 Å². The Kier molecular flexibility index (Phi) is 4.52. The van der Waals surface area contributed by atoms with E-state index in [1.54, 1.807) is 0 Å². The van der Waals surface area contributed by atoms with Crippen LogP contribution in [0.25, 0.3) is 0 Å². The van der Waals surface area contributed by atoms with Crippen LogP contribution >= 0.6 is 11.8 Å². The molecule has 2 aliphatic rings. The zero-order chi connectivity index (χ0) is 13.0. The number of fused-ring (bicyclic) bond motifs is 1. The molecule has 18 heavy (non-hydrogen) atoms. The minimum absolute atomic E-state index is 0.000872. The molecule has 0 aromatic rings. The van der Waals surface area contributed by atoms with Gasteiger partial charge in [-0.15, -0.1) is 11.8 Å².